The lowest BCUT2D eigenvalue weighted by atomic mass is 10.2. The summed E-state index contributed by atoms with van der Waals surface area (Å²) in [7, 11) is 0. The molecule has 1 aromatic heterocycles. The highest BCUT2D eigenvalue weighted by Gasteiger charge is 2.07. The molecule has 2 aromatic rings. The summed E-state index contributed by atoms with van der Waals surface area (Å²) >= 11 is 0. The maximum atomic E-state index is 13.4. The van der Waals surface area contributed by atoms with Gasteiger partial charge in [-0.2, -0.15) is 0 Å². The van der Waals surface area contributed by atoms with Gasteiger partial charge in [0.1, 0.15) is 11.6 Å². The van der Waals surface area contributed by atoms with E-state index in [0.29, 0.717) is 17.9 Å². The van der Waals surface area contributed by atoms with Gasteiger partial charge in [0.15, 0.2) is 0 Å². The summed E-state index contributed by atoms with van der Waals surface area (Å²) in [6.07, 6.45) is 4.25. The summed E-state index contributed by atoms with van der Waals surface area (Å²) in [5.41, 5.74) is 7.01. The lowest BCUT2D eigenvalue weighted by Gasteiger charge is -2.10. The fraction of sp³-hybridized carbons (Fsp3) is 0.214. The standard InChI is InChI=1S/C14H15FN2O/c15-13-4-1-5-14(12(13)9-16)18-8-6-11-3-2-7-17-10-11/h1-5,7,10H,6,8-9,16H2. The van der Waals surface area contributed by atoms with E-state index in [4.69, 9.17) is 10.5 Å². The van der Waals surface area contributed by atoms with Crippen molar-refractivity contribution < 1.29 is 9.13 Å². The van der Waals surface area contributed by atoms with E-state index in [9.17, 15) is 4.39 Å². The lowest BCUT2D eigenvalue weighted by molar-refractivity contribution is 0.316. The number of halogens is 1. The Morgan fingerprint density at radius 3 is 2.83 bits per heavy atom. The molecule has 0 atom stereocenters. The highest BCUT2D eigenvalue weighted by atomic mass is 19.1. The quantitative estimate of drug-likeness (QED) is 0.880. The molecule has 1 aromatic carbocycles. The Kier molecular flexibility index (Phi) is 4.25. The van der Waals surface area contributed by atoms with Crippen LogP contribution in [-0.2, 0) is 13.0 Å². The SMILES string of the molecule is NCc1c(F)cccc1OCCc1cccnc1. The molecule has 0 radical (unpaired) electrons. The second-order valence-electron chi connectivity index (χ2n) is 3.88. The van der Waals surface area contributed by atoms with Crippen LogP contribution in [0.2, 0.25) is 0 Å². The zero-order valence-corrected chi connectivity index (χ0v) is 9.97. The molecule has 0 fully saturated rings. The van der Waals surface area contributed by atoms with Crippen LogP contribution in [0.25, 0.3) is 0 Å². The molecule has 0 amide bonds. The third kappa shape index (κ3) is 3.05. The van der Waals surface area contributed by atoms with Gasteiger partial charge in [-0.15, -0.1) is 0 Å². The fourth-order valence-corrected chi connectivity index (χ4v) is 1.70. The van der Waals surface area contributed by atoms with Crippen molar-refractivity contribution >= 4 is 0 Å². The summed E-state index contributed by atoms with van der Waals surface area (Å²) in [5.74, 6) is 0.192. The third-order valence-electron chi connectivity index (χ3n) is 2.65. The normalized spacial score (nSPS) is 10.3. The van der Waals surface area contributed by atoms with Crippen molar-refractivity contribution in [1.29, 1.82) is 0 Å². The van der Waals surface area contributed by atoms with E-state index < -0.39 is 0 Å². The second kappa shape index (κ2) is 6.12. The minimum atomic E-state index is -0.323. The van der Waals surface area contributed by atoms with Gasteiger partial charge in [-0.3, -0.25) is 4.98 Å². The summed E-state index contributed by atoms with van der Waals surface area (Å²) in [4.78, 5) is 4.02. The molecule has 0 aliphatic rings. The Morgan fingerprint density at radius 1 is 1.22 bits per heavy atom. The van der Waals surface area contributed by atoms with Crippen molar-refractivity contribution in [2.24, 2.45) is 5.73 Å². The maximum Gasteiger partial charge on any atom is 0.131 e. The van der Waals surface area contributed by atoms with Crippen molar-refractivity contribution in [3.05, 3.63) is 59.7 Å². The molecular weight excluding hydrogens is 231 g/mol. The van der Waals surface area contributed by atoms with E-state index in [1.807, 2.05) is 12.1 Å². The monoisotopic (exact) mass is 246 g/mol. The van der Waals surface area contributed by atoms with Crippen molar-refractivity contribution in [3.63, 3.8) is 0 Å². The van der Waals surface area contributed by atoms with E-state index in [1.54, 1.807) is 24.5 Å². The van der Waals surface area contributed by atoms with Crippen LogP contribution in [0.5, 0.6) is 5.75 Å². The van der Waals surface area contributed by atoms with E-state index in [0.717, 1.165) is 12.0 Å². The lowest BCUT2D eigenvalue weighted by Crippen LogP contribution is -2.07. The van der Waals surface area contributed by atoms with Gasteiger partial charge in [-0.25, -0.2) is 4.39 Å². The summed E-state index contributed by atoms with van der Waals surface area (Å²) in [5, 5.41) is 0. The Morgan fingerprint density at radius 2 is 2.11 bits per heavy atom. The molecule has 0 unspecified atom stereocenters. The first-order chi connectivity index (χ1) is 8.81. The summed E-state index contributed by atoms with van der Waals surface area (Å²) < 4.78 is 19.0. The molecule has 0 aliphatic carbocycles. The number of hydrogen-bond donors (Lipinski definition) is 1. The van der Waals surface area contributed by atoms with Gasteiger partial charge in [-0.1, -0.05) is 12.1 Å². The van der Waals surface area contributed by atoms with Crippen LogP contribution >= 0.6 is 0 Å². The molecule has 94 valence electrons. The highest BCUT2D eigenvalue weighted by Crippen LogP contribution is 2.20. The minimum Gasteiger partial charge on any atom is -0.493 e. The van der Waals surface area contributed by atoms with Crippen LogP contribution in [0.4, 0.5) is 4.39 Å². The van der Waals surface area contributed by atoms with E-state index in [1.165, 1.54) is 6.07 Å². The van der Waals surface area contributed by atoms with E-state index >= 15 is 0 Å². The molecule has 1 heterocycles. The van der Waals surface area contributed by atoms with Gasteiger partial charge in [0.05, 0.1) is 6.61 Å². The zero-order valence-electron chi connectivity index (χ0n) is 9.97. The number of hydrogen-bond acceptors (Lipinski definition) is 3. The Labute approximate surface area is 105 Å². The Balaban J connectivity index is 1.96. The van der Waals surface area contributed by atoms with Gasteiger partial charge in [0.25, 0.3) is 0 Å². The molecule has 0 bridgehead atoms. The average Bonchev–Trinajstić information content (AvgIpc) is 2.40. The number of aromatic nitrogens is 1. The summed E-state index contributed by atoms with van der Waals surface area (Å²) in [6.45, 7) is 0.608. The number of pyridine rings is 1. The molecule has 0 spiro atoms. The fourth-order valence-electron chi connectivity index (χ4n) is 1.70. The van der Waals surface area contributed by atoms with Crippen LogP contribution in [-0.4, -0.2) is 11.6 Å². The number of rotatable bonds is 5. The van der Waals surface area contributed by atoms with Crippen LogP contribution in [0, 0.1) is 5.82 Å². The predicted molar refractivity (Wildman–Crippen MR) is 67.7 cm³/mol. The first-order valence-electron chi connectivity index (χ1n) is 5.80. The molecule has 0 saturated carbocycles. The van der Waals surface area contributed by atoms with Crippen molar-refractivity contribution in [1.82, 2.24) is 4.98 Å². The van der Waals surface area contributed by atoms with Gasteiger partial charge < -0.3 is 10.5 Å². The molecule has 4 heteroatoms. The van der Waals surface area contributed by atoms with E-state index in [-0.39, 0.29) is 12.4 Å². The smallest absolute Gasteiger partial charge is 0.131 e. The Hall–Kier alpha value is -1.94. The zero-order chi connectivity index (χ0) is 12.8. The minimum absolute atomic E-state index is 0.134. The van der Waals surface area contributed by atoms with Crippen molar-refractivity contribution in [2.75, 3.05) is 6.61 Å². The molecule has 0 saturated heterocycles. The maximum absolute atomic E-state index is 13.4. The number of benzene rings is 1. The molecule has 3 nitrogen and oxygen atoms in total. The largest absolute Gasteiger partial charge is 0.493 e. The number of nitrogens with zero attached hydrogens (tertiary/aromatic N) is 1. The average molecular weight is 246 g/mol. The Bertz CT molecular complexity index is 502. The van der Waals surface area contributed by atoms with Gasteiger partial charge in [0, 0.05) is 30.9 Å². The number of nitrogens with two attached hydrogens (primary N) is 1. The van der Waals surface area contributed by atoms with Crippen LogP contribution in [0.1, 0.15) is 11.1 Å². The summed E-state index contributed by atoms with van der Waals surface area (Å²) in [6, 6.07) is 8.59. The second-order valence-corrected chi connectivity index (χ2v) is 3.88. The topological polar surface area (TPSA) is 48.1 Å². The van der Waals surface area contributed by atoms with Crippen molar-refractivity contribution in [3.8, 4) is 5.75 Å². The third-order valence-corrected chi connectivity index (χ3v) is 2.65. The van der Waals surface area contributed by atoms with Crippen LogP contribution in [0.15, 0.2) is 42.7 Å². The van der Waals surface area contributed by atoms with Crippen molar-refractivity contribution in [2.45, 2.75) is 13.0 Å². The molecular formula is C14H15FN2O. The highest BCUT2D eigenvalue weighted by molar-refractivity contribution is 5.34. The number of ether oxygens (including phenoxy) is 1. The first kappa shape index (κ1) is 12.5. The van der Waals surface area contributed by atoms with Crippen LogP contribution < -0.4 is 10.5 Å². The van der Waals surface area contributed by atoms with Gasteiger partial charge in [-0.05, 0) is 23.8 Å². The molecule has 2 N–H and O–H groups in total. The van der Waals surface area contributed by atoms with Gasteiger partial charge in [0.2, 0.25) is 0 Å². The van der Waals surface area contributed by atoms with E-state index in [2.05, 4.69) is 4.98 Å². The molecule has 2 rings (SSSR count). The molecule has 18 heavy (non-hydrogen) atoms. The molecule has 0 aliphatic heterocycles. The predicted octanol–water partition coefficient (Wildman–Crippen LogP) is 2.30. The van der Waals surface area contributed by atoms with Gasteiger partial charge >= 0.3 is 0 Å². The first-order valence-corrected chi connectivity index (χ1v) is 5.80. The van der Waals surface area contributed by atoms with Crippen LogP contribution in [0.3, 0.4) is 0 Å².